The molecule has 0 spiro atoms. The van der Waals surface area contributed by atoms with Crippen molar-refractivity contribution in [3.63, 3.8) is 0 Å². The molecule has 1 aromatic carbocycles. The molecule has 0 N–H and O–H groups in total. The molecule has 23 heavy (non-hydrogen) atoms. The van der Waals surface area contributed by atoms with Gasteiger partial charge in [0, 0.05) is 31.7 Å². The normalized spacial score (nSPS) is 16.9. The second-order valence-electron chi connectivity index (χ2n) is 8.14. The fourth-order valence-corrected chi connectivity index (χ4v) is 2.91. The van der Waals surface area contributed by atoms with Crippen LogP contribution in [0.3, 0.4) is 0 Å². The lowest BCUT2D eigenvalue weighted by Crippen LogP contribution is -2.49. The van der Waals surface area contributed by atoms with Gasteiger partial charge in [-0.3, -0.25) is 9.69 Å². The lowest BCUT2D eigenvalue weighted by molar-refractivity contribution is 0.0632. The van der Waals surface area contributed by atoms with E-state index < -0.39 is 0 Å². The van der Waals surface area contributed by atoms with Gasteiger partial charge in [-0.15, -0.1) is 0 Å². The van der Waals surface area contributed by atoms with Crippen molar-refractivity contribution in [2.45, 2.75) is 46.5 Å². The Balaban J connectivity index is 1.90. The van der Waals surface area contributed by atoms with E-state index in [0.29, 0.717) is 0 Å². The molecule has 3 heteroatoms. The molecule has 1 aromatic rings. The molecular formula is C20H32N2O. The zero-order valence-corrected chi connectivity index (χ0v) is 15.4. The Hall–Kier alpha value is -1.35. The maximum atomic E-state index is 12.6. The third-order valence-corrected chi connectivity index (χ3v) is 4.68. The predicted molar refractivity (Wildman–Crippen MR) is 96.9 cm³/mol. The summed E-state index contributed by atoms with van der Waals surface area (Å²) >= 11 is 0. The van der Waals surface area contributed by atoms with E-state index in [9.17, 15) is 4.79 Å². The van der Waals surface area contributed by atoms with Gasteiger partial charge in [-0.25, -0.2) is 0 Å². The minimum Gasteiger partial charge on any atom is -0.336 e. The molecule has 1 aliphatic heterocycles. The molecule has 0 saturated carbocycles. The van der Waals surface area contributed by atoms with Gasteiger partial charge in [-0.1, -0.05) is 46.8 Å². The second-order valence-corrected chi connectivity index (χ2v) is 8.14. The van der Waals surface area contributed by atoms with Crippen LogP contribution in [0.25, 0.3) is 0 Å². The molecule has 0 aliphatic carbocycles. The highest BCUT2D eigenvalue weighted by Gasteiger charge is 2.22. The molecule has 0 bridgehead atoms. The van der Waals surface area contributed by atoms with Crippen molar-refractivity contribution in [3.05, 3.63) is 35.4 Å². The van der Waals surface area contributed by atoms with Crippen LogP contribution in [0.1, 0.15) is 57.0 Å². The highest BCUT2D eigenvalue weighted by Crippen LogP contribution is 2.22. The van der Waals surface area contributed by atoms with Crippen LogP contribution in [0, 0.1) is 5.92 Å². The SMILES string of the molecule is CC(C)CCN1CCN(C(=O)c2ccc(C(C)(C)C)cc2)CC1. The first-order valence-corrected chi connectivity index (χ1v) is 8.89. The number of hydrogen-bond acceptors (Lipinski definition) is 2. The van der Waals surface area contributed by atoms with Crippen molar-refractivity contribution in [3.8, 4) is 0 Å². The quantitative estimate of drug-likeness (QED) is 0.844. The van der Waals surface area contributed by atoms with E-state index in [1.54, 1.807) is 0 Å². The van der Waals surface area contributed by atoms with Gasteiger partial charge in [0.2, 0.25) is 0 Å². The van der Waals surface area contributed by atoms with E-state index in [-0.39, 0.29) is 11.3 Å². The molecule has 1 fully saturated rings. The van der Waals surface area contributed by atoms with Crippen molar-refractivity contribution in [1.29, 1.82) is 0 Å². The molecule has 2 rings (SSSR count). The Morgan fingerprint density at radius 1 is 1.04 bits per heavy atom. The highest BCUT2D eigenvalue weighted by atomic mass is 16.2. The van der Waals surface area contributed by atoms with Crippen LogP contribution in [0.15, 0.2) is 24.3 Å². The number of rotatable bonds is 4. The molecule has 3 nitrogen and oxygen atoms in total. The summed E-state index contributed by atoms with van der Waals surface area (Å²) in [5.74, 6) is 0.921. The summed E-state index contributed by atoms with van der Waals surface area (Å²) in [4.78, 5) is 17.1. The standard InChI is InChI=1S/C20H32N2O/c1-16(2)10-11-21-12-14-22(15-13-21)19(23)17-6-8-18(9-7-17)20(3,4)5/h6-9,16H,10-15H2,1-5H3. The molecule has 1 amide bonds. The van der Waals surface area contributed by atoms with E-state index in [1.807, 2.05) is 17.0 Å². The summed E-state index contributed by atoms with van der Waals surface area (Å²) in [6.45, 7) is 16.0. The van der Waals surface area contributed by atoms with Gasteiger partial charge in [-0.2, -0.15) is 0 Å². The van der Waals surface area contributed by atoms with Crippen LogP contribution in [0.5, 0.6) is 0 Å². The molecule has 0 aromatic heterocycles. The lowest BCUT2D eigenvalue weighted by atomic mass is 9.86. The third-order valence-electron chi connectivity index (χ3n) is 4.68. The molecule has 0 radical (unpaired) electrons. The largest absolute Gasteiger partial charge is 0.336 e. The van der Waals surface area contributed by atoms with Gasteiger partial charge < -0.3 is 4.90 Å². The van der Waals surface area contributed by atoms with Gasteiger partial charge in [0.15, 0.2) is 0 Å². The Morgan fingerprint density at radius 2 is 1.61 bits per heavy atom. The van der Waals surface area contributed by atoms with Crippen molar-refractivity contribution < 1.29 is 4.79 Å². The first-order valence-electron chi connectivity index (χ1n) is 8.89. The Bertz CT molecular complexity index is 505. The predicted octanol–water partition coefficient (Wildman–Crippen LogP) is 3.79. The molecule has 1 heterocycles. The van der Waals surface area contributed by atoms with Crippen molar-refractivity contribution in [1.82, 2.24) is 9.80 Å². The van der Waals surface area contributed by atoms with Crippen LogP contribution >= 0.6 is 0 Å². The average molecular weight is 316 g/mol. The number of nitrogens with zero attached hydrogens (tertiary/aromatic N) is 2. The fraction of sp³-hybridized carbons (Fsp3) is 0.650. The van der Waals surface area contributed by atoms with E-state index in [1.165, 1.54) is 12.0 Å². The summed E-state index contributed by atoms with van der Waals surface area (Å²) in [5, 5.41) is 0. The van der Waals surface area contributed by atoms with Gasteiger partial charge in [0.05, 0.1) is 0 Å². The van der Waals surface area contributed by atoms with E-state index in [4.69, 9.17) is 0 Å². The molecular weight excluding hydrogens is 284 g/mol. The van der Waals surface area contributed by atoms with E-state index in [2.05, 4.69) is 51.7 Å². The first-order chi connectivity index (χ1) is 10.8. The zero-order chi connectivity index (χ0) is 17.0. The molecule has 1 saturated heterocycles. The number of benzene rings is 1. The minimum absolute atomic E-state index is 0.129. The monoisotopic (exact) mass is 316 g/mol. The average Bonchev–Trinajstić information content (AvgIpc) is 2.52. The summed E-state index contributed by atoms with van der Waals surface area (Å²) in [7, 11) is 0. The number of carbonyl (C=O) groups excluding carboxylic acids is 1. The van der Waals surface area contributed by atoms with Crippen molar-refractivity contribution in [2.24, 2.45) is 5.92 Å². The Morgan fingerprint density at radius 3 is 2.09 bits per heavy atom. The molecule has 128 valence electrons. The van der Waals surface area contributed by atoms with Gasteiger partial charge in [0.1, 0.15) is 0 Å². The van der Waals surface area contributed by atoms with E-state index >= 15 is 0 Å². The van der Waals surface area contributed by atoms with Crippen LogP contribution in [0.4, 0.5) is 0 Å². The summed E-state index contributed by atoms with van der Waals surface area (Å²) < 4.78 is 0. The summed E-state index contributed by atoms with van der Waals surface area (Å²) in [6.07, 6.45) is 1.24. The Labute approximate surface area is 141 Å². The fourth-order valence-electron chi connectivity index (χ4n) is 2.91. The van der Waals surface area contributed by atoms with E-state index in [0.717, 1.165) is 44.2 Å². The molecule has 1 aliphatic rings. The van der Waals surface area contributed by atoms with Crippen LogP contribution < -0.4 is 0 Å². The molecule has 0 atom stereocenters. The zero-order valence-electron chi connectivity index (χ0n) is 15.4. The minimum atomic E-state index is 0.129. The summed E-state index contributed by atoms with van der Waals surface area (Å²) in [6, 6.07) is 8.14. The van der Waals surface area contributed by atoms with Gasteiger partial charge in [-0.05, 0) is 42.0 Å². The third kappa shape index (κ3) is 5.07. The second kappa shape index (κ2) is 7.48. The highest BCUT2D eigenvalue weighted by molar-refractivity contribution is 5.94. The van der Waals surface area contributed by atoms with Crippen LogP contribution in [-0.2, 0) is 5.41 Å². The number of amides is 1. The van der Waals surface area contributed by atoms with Crippen molar-refractivity contribution in [2.75, 3.05) is 32.7 Å². The smallest absolute Gasteiger partial charge is 0.253 e. The topological polar surface area (TPSA) is 23.6 Å². The van der Waals surface area contributed by atoms with Crippen LogP contribution in [0.2, 0.25) is 0 Å². The van der Waals surface area contributed by atoms with Crippen molar-refractivity contribution >= 4 is 5.91 Å². The molecule has 0 unspecified atom stereocenters. The number of hydrogen-bond donors (Lipinski definition) is 0. The number of carbonyl (C=O) groups is 1. The van der Waals surface area contributed by atoms with Gasteiger partial charge >= 0.3 is 0 Å². The first kappa shape index (κ1) is 18.0. The van der Waals surface area contributed by atoms with Crippen LogP contribution in [-0.4, -0.2) is 48.4 Å². The maximum Gasteiger partial charge on any atom is 0.253 e. The number of piperazine rings is 1. The Kier molecular flexibility index (Phi) is 5.85. The summed E-state index contributed by atoms with van der Waals surface area (Å²) in [5.41, 5.74) is 2.21. The maximum absolute atomic E-state index is 12.6. The lowest BCUT2D eigenvalue weighted by Gasteiger charge is -2.35. The van der Waals surface area contributed by atoms with Gasteiger partial charge in [0.25, 0.3) is 5.91 Å².